The Bertz CT molecular complexity index is 1260. The van der Waals surface area contributed by atoms with Gasteiger partial charge in [0.25, 0.3) is 0 Å². The zero-order valence-corrected chi connectivity index (χ0v) is 20.3. The van der Waals surface area contributed by atoms with Gasteiger partial charge in [0.2, 0.25) is 0 Å². The minimum Gasteiger partial charge on any atom is -0.508 e. The molecular weight excluding hydrogens is 528 g/mol. The molecule has 2 nitrogen and oxygen atoms in total. The summed E-state index contributed by atoms with van der Waals surface area (Å²) >= 11 is 7.02. The number of phenolic OH excluding ortho intramolecular Hbond substituents is 1. The average molecular weight is 548 g/mol. The van der Waals surface area contributed by atoms with Crippen LogP contribution in [-0.4, -0.2) is 5.11 Å². The molecular formula is C28H20Br2O2. The molecule has 158 valence electrons. The van der Waals surface area contributed by atoms with Crippen LogP contribution in [0.1, 0.15) is 39.8 Å². The van der Waals surface area contributed by atoms with Gasteiger partial charge in [0, 0.05) is 14.5 Å². The fraction of sp³-hybridized carbons (Fsp3) is 0.0714. The molecule has 0 bridgehead atoms. The summed E-state index contributed by atoms with van der Waals surface area (Å²) in [5.41, 5.74) is 5.68. The van der Waals surface area contributed by atoms with Crippen LogP contribution >= 0.6 is 31.9 Å². The molecule has 0 spiro atoms. The molecule has 1 heterocycles. The summed E-state index contributed by atoms with van der Waals surface area (Å²) in [5.74, 6) is 1.21. The third-order valence-electron chi connectivity index (χ3n) is 5.71. The Morgan fingerprint density at radius 3 is 1.91 bits per heavy atom. The molecule has 0 saturated heterocycles. The number of phenols is 1. The van der Waals surface area contributed by atoms with Crippen molar-refractivity contribution in [2.45, 2.75) is 12.0 Å². The molecule has 4 aromatic rings. The molecule has 0 aromatic heterocycles. The van der Waals surface area contributed by atoms with Crippen LogP contribution in [0.25, 0.3) is 12.2 Å². The third kappa shape index (κ3) is 4.38. The fourth-order valence-corrected chi connectivity index (χ4v) is 4.63. The Balaban J connectivity index is 1.53. The normalized spacial score (nSPS) is 17.3. The lowest BCUT2D eigenvalue weighted by atomic mass is 9.84. The molecule has 0 aliphatic carbocycles. The lowest BCUT2D eigenvalue weighted by molar-refractivity contribution is 0.222. The van der Waals surface area contributed by atoms with E-state index in [1.54, 1.807) is 12.1 Å². The number of rotatable bonds is 4. The SMILES string of the molecule is Oc1ccc(C2Oc3ccc(/C=C/c4ccc(Br)cc4)cc3C2c2ccc(Br)cc2)cc1. The summed E-state index contributed by atoms with van der Waals surface area (Å²) in [5, 5.41) is 9.73. The van der Waals surface area contributed by atoms with Gasteiger partial charge in [0.05, 0.1) is 5.92 Å². The van der Waals surface area contributed by atoms with Gasteiger partial charge in [-0.1, -0.05) is 86.5 Å². The highest BCUT2D eigenvalue weighted by molar-refractivity contribution is 9.10. The van der Waals surface area contributed by atoms with Crippen LogP contribution in [-0.2, 0) is 0 Å². The molecule has 4 aromatic carbocycles. The monoisotopic (exact) mass is 546 g/mol. The van der Waals surface area contributed by atoms with E-state index in [9.17, 15) is 5.11 Å². The van der Waals surface area contributed by atoms with E-state index < -0.39 is 0 Å². The van der Waals surface area contributed by atoms with E-state index in [1.807, 2.05) is 24.3 Å². The van der Waals surface area contributed by atoms with Crippen LogP contribution < -0.4 is 4.74 Å². The largest absolute Gasteiger partial charge is 0.508 e. The van der Waals surface area contributed by atoms with Crippen LogP contribution in [0.15, 0.2) is 99.9 Å². The van der Waals surface area contributed by atoms with Crippen molar-refractivity contribution in [3.05, 3.63) is 128 Å². The molecule has 1 aliphatic heterocycles. The summed E-state index contributed by atoms with van der Waals surface area (Å²) in [6, 6.07) is 30.4. The minimum atomic E-state index is -0.155. The summed E-state index contributed by atoms with van der Waals surface area (Å²) in [7, 11) is 0. The van der Waals surface area contributed by atoms with E-state index in [4.69, 9.17) is 4.74 Å². The van der Waals surface area contributed by atoms with Gasteiger partial charge < -0.3 is 9.84 Å². The summed E-state index contributed by atoms with van der Waals surface area (Å²) in [6.07, 6.45) is 4.10. The Morgan fingerprint density at radius 2 is 1.22 bits per heavy atom. The minimum absolute atomic E-state index is 0.0590. The van der Waals surface area contributed by atoms with Crippen LogP contribution in [0.2, 0.25) is 0 Å². The van der Waals surface area contributed by atoms with Crippen molar-refractivity contribution in [2.24, 2.45) is 0 Å². The van der Waals surface area contributed by atoms with Crippen molar-refractivity contribution in [2.75, 3.05) is 0 Å². The van der Waals surface area contributed by atoms with E-state index in [2.05, 4.69) is 98.6 Å². The predicted molar refractivity (Wildman–Crippen MR) is 137 cm³/mol. The number of hydrogen-bond acceptors (Lipinski definition) is 2. The van der Waals surface area contributed by atoms with Crippen molar-refractivity contribution in [3.8, 4) is 11.5 Å². The van der Waals surface area contributed by atoms with Crippen LogP contribution in [0.5, 0.6) is 11.5 Å². The van der Waals surface area contributed by atoms with E-state index in [0.717, 1.165) is 31.4 Å². The van der Waals surface area contributed by atoms with Gasteiger partial charge in [-0.15, -0.1) is 0 Å². The molecule has 5 rings (SSSR count). The van der Waals surface area contributed by atoms with E-state index in [0.29, 0.717) is 0 Å². The van der Waals surface area contributed by atoms with Crippen molar-refractivity contribution in [3.63, 3.8) is 0 Å². The molecule has 0 radical (unpaired) electrons. The summed E-state index contributed by atoms with van der Waals surface area (Å²) in [4.78, 5) is 0. The van der Waals surface area contributed by atoms with Gasteiger partial charge in [0.1, 0.15) is 17.6 Å². The smallest absolute Gasteiger partial charge is 0.135 e. The molecule has 1 N–H and O–H groups in total. The summed E-state index contributed by atoms with van der Waals surface area (Å²) in [6.45, 7) is 0. The Hall–Kier alpha value is -2.82. The highest BCUT2D eigenvalue weighted by Crippen LogP contribution is 2.50. The number of fused-ring (bicyclic) bond motifs is 1. The highest BCUT2D eigenvalue weighted by Gasteiger charge is 2.36. The van der Waals surface area contributed by atoms with Crippen LogP contribution in [0.3, 0.4) is 0 Å². The molecule has 2 atom stereocenters. The first-order valence-electron chi connectivity index (χ1n) is 10.4. The first-order valence-corrected chi connectivity index (χ1v) is 11.9. The average Bonchev–Trinajstić information content (AvgIpc) is 3.18. The molecule has 0 saturated carbocycles. The zero-order chi connectivity index (χ0) is 22.1. The number of benzene rings is 4. The number of hydrogen-bond donors (Lipinski definition) is 1. The highest BCUT2D eigenvalue weighted by atomic mass is 79.9. The Labute approximate surface area is 204 Å². The maximum Gasteiger partial charge on any atom is 0.135 e. The first kappa shape index (κ1) is 21.0. The van der Waals surface area contributed by atoms with Gasteiger partial charge in [-0.25, -0.2) is 0 Å². The fourth-order valence-electron chi connectivity index (χ4n) is 4.10. The molecule has 1 aliphatic rings. The number of ether oxygens (including phenoxy) is 1. The van der Waals surface area contributed by atoms with Crippen LogP contribution in [0.4, 0.5) is 0 Å². The Kier molecular flexibility index (Phi) is 5.90. The van der Waals surface area contributed by atoms with Crippen molar-refractivity contribution in [1.29, 1.82) is 0 Å². The predicted octanol–water partition coefficient (Wildman–Crippen LogP) is 8.35. The van der Waals surface area contributed by atoms with Gasteiger partial charge in [0.15, 0.2) is 0 Å². The van der Waals surface area contributed by atoms with Gasteiger partial charge in [-0.3, -0.25) is 0 Å². The van der Waals surface area contributed by atoms with Gasteiger partial charge >= 0.3 is 0 Å². The second-order valence-electron chi connectivity index (χ2n) is 7.84. The molecule has 32 heavy (non-hydrogen) atoms. The standard InChI is InChI=1S/C28H20Br2O2/c29-22-10-3-18(4-11-22)1-2-19-5-16-26-25(17-19)27(20-6-12-23(30)13-7-20)28(32-26)21-8-14-24(31)15-9-21/h1-17,27-28,31H/b2-1+. The van der Waals surface area contributed by atoms with E-state index >= 15 is 0 Å². The number of aromatic hydroxyl groups is 1. The van der Waals surface area contributed by atoms with Crippen molar-refractivity contribution >= 4 is 44.0 Å². The summed E-state index contributed by atoms with van der Waals surface area (Å²) < 4.78 is 8.56. The first-order chi connectivity index (χ1) is 15.6. The second kappa shape index (κ2) is 8.97. The maximum atomic E-state index is 9.73. The van der Waals surface area contributed by atoms with Crippen molar-refractivity contribution in [1.82, 2.24) is 0 Å². The topological polar surface area (TPSA) is 29.5 Å². The zero-order valence-electron chi connectivity index (χ0n) is 17.1. The quantitative estimate of drug-likeness (QED) is 0.260. The molecule has 0 amide bonds. The van der Waals surface area contributed by atoms with Gasteiger partial charge in [-0.05, 0) is 70.8 Å². The lowest BCUT2D eigenvalue weighted by Crippen LogP contribution is -2.11. The van der Waals surface area contributed by atoms with Gasteiger partial charge in [-0.2, -0.15) is 0 Å². The third-order valence-corrected chi connectivity index (χ3v) is 6.77. The maximum absolute atomic E-state index is 9.73. The Morgan fingerprint density at radius 1 is 0.656 bits per heavy atom. The molecule has 2 unspecified atom stereocenters. The molecule has 0 fully saturated rings. The van der Waals surface area contributed by atoms with E-state index in [1.165, 1.54) is 11.1 Å². The van der Waals surface area contributed by atoms with Crippen LogP contribution in [0, 0.1) is 0 Å². The second-order valence-corrected chi connectivity index (χ2v) is 9.67. The van der Waals surface area contributed by atoms with Crippen molar-refractivity contribution < 1.29 is 9.84 Å². The lowest BCUT2D eigenvalue weighted by Gasteiger charge is -2.20. The molecule has 4 heteroatoms. The van der Waals surface area contributed by atoms with E-state index in [-0.39, 0.29) is 17.8 Å². The number of halogens is 2.